The SMILES string of the molecule is Cc1nc2c3c(ccc2c(=O)n1-c1ccc(NC(=O)NS(=O)(=O)c2ccc(Cl)s2)cc1F)NCC3.Cc1nc2cc(C3=NCCO3)ccc2c(=O)n1-c1ccc(NC(=O)NS(=O)(=O)c2ccc(Cl)s2)cc1F.Cc1nc2cc(NCCCN3CCOCC3)ccc2c(=O)n1-c1ccc(NC(=O)NS(=O)(=O)c2ccc(Cl)s2)cc1F.Cc1nc2cc3c(cc2c(=O)n1-c1ccc(NC(=O)NS(=O)(=O)c2ccc(Cl)s2)cc1F)CCN3. The molecule has 4 aliphatic rings. The number of nitrogens with zero attached hydrogens (tertiary/aromatic N) is 10. The van der Waals surface area contributed by atoms with Gasteiger partial charge in [-0.2, -0.15) is 0 Å². The number of fused-ring (bicyclic) bond motifs is 7. The van der Waals surface area contributed by atoms with Crippen molar-refractivity contribution in [3.63, 3.8) is 0 Å². The van der Waals surface area contributed by atoms with Gasteiger partial charge in [-0.15, -0.1) is 45.3 Å². The Kier molecular flexibility index (Phi) is 31.5. The molecule has 1 saturated heterocycles. The standard InChI is InChI=1S/C27H28ClFN6O5S2.C23H17ClFN5O5S2.2C22H17ClFN5O4S2/c1-17-31-22-16-18(30-9-2-10-34-11-13-40-14-12-34)3-5-20(22)26(36)35(17)23-6-4-19(15-21(23)29)32-27(37)33-42(38,39)25-8-7-24(28)41-25;1-12-27-17-10-13(21-26-8-9-35-21)2-4-15(17)22(31)30(12)18-5-3-14(11-16(18)25)28-23(32)29-37(33,34)20-7-6-19(24)36-20;1-11-26-20-13-8-9-25-16(13)4-3-14(20)21(30)29(11)17-5-2-12(10-15(17)24)27-22(31)28-35(32,33)19-7-6-18(23)34-19;1-11-26-17-10-16-12(6-7-25-16)8-14(17)21(30)29(11)18-3-2-13(9-15(18)24)27-22(31)28-35(32,33)20-5-4-19(23)34-20/h3-8,15-16,30H,2,9-14H2,1H3,(H2,32,33,37);2-7,10-11H,8-9H2,1H3,(H2,28,29,32);2-7,10,25H,8-9H2,1H3,(H2,27,28,31);2-5,8-10,25H,6-7H2,1H3,(H2,27,28,31). The van der Waals surface area contributed by atoms with E-state index in [-0.39, 0.29) is 96.7 Å². The van der Waals surface area contributed by atoms with Crippen LogP contribution in [0.25, 0.3) is 66.4 Å². The predicted molar refractivity (Wildman–Crippen MR) is 565 cm³/mol. The Morgan fingerprint density at radius 1 is 0.403 bits per heavy atom. The maximum atomic E-state index is 15.2. The molecule has 16 aromatic rings. The van der Waals surface area contributed by atoms with Gasteiger partial charge in [0, 0.05) is 83.7 Å². The lowest BCUT2D eigenvalue weighted by atomic mass is 10.1. The highest BCUT2D eigenvalue weighted by atomic mass is 35.5. The summed E-state index contributed by atoms with van der Waals surface area (Å²) in [5.41, 5.74) is 5.28. The molecular formula is C94H79Cl4F4N21O18S8. The Bertz CT molecular complexity index is 8800. The second kappa shape index (κ2) is 44.2. The fraction of sp³-hybridized carbons (Fsp3) is 0.181. The molecule has 0 aliphatic carbocycles. The van der Waals surface area contributed by atoms with Gasteiger partial charge in [0.05, 0.1) is 103 Å². The van der Waals surface area contributed by atoms with Gasteiger partial charge < -0.3 is 46.7 Å². The van der Waals surface area contributed by atoms with Crippen LogP contribution in [0.3, 0.4) is 0 Å². The fourth-order valence-corrected chi connectivity index (χ4v) is 25.8. The van der Waals surface area contributed by atoms with Crippen molar-refractivity contribution in [3.8, 4) is 22.7 Å². The number of carbonyl (C=O) groups excluding carboxylic acids is 4. The molecular weight excluding hydrogens is 2190 g/mol. The van der Waals surface area contributed by atoms with Gasteiger partial charge in [0.1, 0.15) is 70.0 Å². The van der Waals surface area contributed by atoms with Gasteiger partial charge in [-0.25, -0.2) is 114 Å². The first-order valence-electron chi connectivity index (χ1n) is 44.4. The van der Waals surface area contributed by atoms with E-state index in [4.69, 9.17) is 55.9 Å². The van der Waals surface area contributed by atoms with Crippen LogP contribution in [0.4, 0.5) is 76.6 Å². The highest BCUT2D eigenvalue weighted by Crippen LogP contribution is 2.36. The largest absolute Gasteiger partial charge is 0.476 e. The number of benzene rings is 8. The minimum Gasteiger partial charge on any atom is -0.476 e. The number of hydrogen-bond donors (Lipinski definition) is 11. The predicted octanol–water partition coefficient (Wildman–Crippen LogP) is 16.1. The molecule has 20 rings (SSSR count). The number of aromatic nitrogens is 8. The van der Waals surface area contributed by atoms with Crippen molar-refractivity contribution in [1.82, 2.24) is 62.0 Å². The van der Waals surface area contributed by atoms with Crippen LogP contribution in [0.15, 0.2) is 223 Å². The van der Waals surface area contributed by atoms with Crippen LogP contribution in [0.5, 0.6) is 0 Å². The van der Waals surface area contributed by atoms with E-state index in [1.807, 2.05) is 31.0 Å². The van der Waals surface area contributed by atoms with E-state index in [0.29, 0.717) is 74.5 Å². The van der Waals surface area contributed by atoms with E-state index in [1.165, 1.54) is 106 Å². The maximum absolute atomic E-state index is 15.2. The molecule has 8 aromatic heterocycles. The molecule has 0 unspecified atom stereocenters. The molecule has 0 bridgehead atoms. The molecule has 0 radical (unpaired) electrons. The molecule has 0 saturated carbocycles. The summed E-state index contributed by atoms with van der Waals surface area (Å²) in [4.78, 5) is 127. The summed E-state index contributed by atoms with van der Waals surface area (Å²) >= 11 is 26.2. The van der Waals surface area contributed by atoms with Crippen LogP contribution >= 0.6 is 91.8 Å². The van der Waals surface area contributed by atoms with Gasteiger partial charge in [-0.1, -0.05) is 46.4 Å². The van der Waals surface area contributed by atoms with Crippen LogP contribution in [0.2, 0.25) is 17.3 Å². The van der Waals surface area contributed by atoms with Crippen molar-refractivity contribution in [2.75, 3.05) is 103 Å². The molecule has 149 heavy (non-hydrogen) atoms. The summed E-state index contributed by atoms with van der Waals surface area (Å²) in [6.07, 6.45) is 2.48. The number of aryl methyl sites for hydroxylation is 4. The summed E-state index contributed by atoms with van der Waals surface area (Å²) in [6, 6.07) is 38.1. The topological polar surface area (TPSA) is 511 Å². The Labute approximate surface area is 878 Å². The number of thiophene rings is 4. The molecule has 772 valence electrons. The lowest BCUT2D eigenvalue weighted by molar-refractivity contribution is 0.0378. The van der Waals surface area contributed by atoms with Gasteiger partial charge in [0.15, 0.2) is 0 Å². The third-order valence-electron chi connectivity index (χ3n) is 22.9. The van der Waals surface area contributed by atoms with Crippen LogP contribution in [0.1, 0.15) is 46.4 Å². The first-order valence-corrected chi connectivity index (χ1v) is 55.1. The Morgan fingerprint density at radius 2 is 0.772 bits per heavy atom. The Hall–Kier alpha value is -14.3. The van der Waals surface area contributed by atoms with E-state index < -0.39 is 110 Å². The molecule has 11 N–H and O–H groups in total. The van der Waals surface area contributed by atoms with Crippen molar-refractivity contribution >= 4 is 245 Å². The Morgan fingerprint density at radius 3 is 1.17 bits per heavy atom. The van der Waals surface area contributed by atoms with Crippen molar-refractivity contribution < 1.29 is 79.9 Å². The van der Waals surface area contributed by atoms with Gasteiger partial charge in [-0.3, -0.25) is 42.3 Å². The summed E-state index contributed by atoms with van der Waals surface area (Å²) < 4.78 is 182. The molecule has 39 nitrogen and oxygen atoms in total. The highest BCUT2D eigenvalue weighted by molar-refractivity contribution is 7.93. The minimum absolute atomic E-state index is 0.00786. The van der Waals surface area contributed by atoms with Gasteiger partial charge in [-0.05, 0) is 241 Å². The molecule has 12 heterocycles. The van der Waals surface area contributed by atoms with E-state index in [1.54, 1.807) is 76.2 Å². The summed E-state index contributed by atoms with van der Waals surface area (Å²) in [7, 11) is -16.6. The average Bonchev–Trinajstić information content (AvgIpc) is 1.74. The number of carbonyl (C=O) groups is 4. The van der Waals surface area contributed by atoms with Gasteiger partial charge in [0.2, 0.25) is 5.90 Å². The lowest BCUT2D eigenvalue weighted by Gasteiger charge is -2.26. The second-order valence-electron chi connectivity index (χ2n) is 32.9. The number of halogens is 8. The molecule has 0 spiro atoms. The Balaban J connectivity index is 0.000000136. The van der Waals surface area contributed by atoms with E-state index in [9.17, 15) is 72.0 Å². The van der Waals surface area contributed by atoms with Crippen LogP contribution in [-0.2, 0) is 62.4 Å². The first kappa shape index (κ1) is 106. The zero-order valence-corrected chi connectivity index (χ0v) is 87.2. The third kappa shape index (κ3) is 24.0. The second-order valence-corrected chi connectivity index (χ2v) is 47.4. The zero-order valence-electron chi connectivity index (χ0n) is 77.6. The van der Waals surface area contributed by atoms with Crippen molar-refractivity contribution in [2.24, 2.45) is 4.99 Å². The molecule has 55 heteroatoms. The lowest BCUT2D eigenvalue weighted by Crippen LogP contribution is -2.37. The zero-order chi connectivity index (χ0) is 106. The maximum Gasteiger partial charge on any atom is 0.333 e. The quantitative estimate of drug-likeness (QED) is 0.0222. The monoisotopic (exact) mass is 2260 g/mol. The number of urea groups is 4. The number of hydrogen-bond acceptors (Lipinski definition) is 31. The molecule has 1 fully saturated rings. The number of sulfonamides is 4. The molecule has 8 amide bonds. The number of rotatable bonds is 22. The number of morpholine rings is 1. The van der Waals surface area contributed by atoms with E-state index >= 15 is 17.6 Å². The summed E-state index contributed by atoms with van der Waals surface area (Å²) in [6.45, 7) is 14.1. The summed E-state index contributed by atoms with van der Waals surface area (Å²) in [5.74, 6) is -1.66. The van der Waals surface area contributed by atoms with Crippen LogP contribution in [-0.4, -0.2) is 172 Å². The van der Waals surface area contributed by atoms with E-state index in [0.717, 1.165) is 179 Å². The minimum atomic E-state index is -4.15. The van der Waals surface area contributed by atoms with Gasteiger partial charge in [0.25, 0.3) is 62.3 Å². The van der Waals surface area contributed by atoms with E-state index in [2.05, 4.69) is 67.0 Å². The third-order valence-corrected chi connectivity index (χ3v) is 35.1. The van der Waals surface area contributed by atoms with Crippen molar-refractivity contribution in [2.45, 2.75) is 63.8 Å². The average molecular weight is 2270 g/mol. The molecule has 0 atom stereocenters. The number of ether oxygens (including phenoxy) is 2. The highest BCUT2D eigenvalue weighted by Gasteiger charge is 2.30. The van der Waals surface area contributed by atoms with Crippen molar-refractivity contribution in [1.29, 1.82) is 0 Å². The summed E-state index contributed by atoms with van der Waals surface area (Å²) in [5, 5.41) is 20.3. The molecule has 4 aliphatic heterocycles. The van der Waals surface area contributed by atoms with Crippen molar-refractivity contribution in [3.05, 3.63) is 304 Å². The first-order chi connectivity index (χ1) is 71.0. The number of amides is 8. The van der Waals surface area contributed by atoms with Crippen LogP contribution in [0, 0.1) is 51.0 Å². The number of aliphatic imine (C=N–C) groups is 1. The smallest absolute Gasteiger partial charge is 0.333 e. The number of anilines is 7. The fourth-order valence-electron chi connectivity index (χ4n) is 16.2. The number of nitrogens with one attached hydrogen (secondary N) is 11. The van der Waals surface area contributed by atoms with Crippen LogP contribution < -0.4 is 78.3 Å². The molecule has 8 aromatic carbocycles. The normalized spacial score (nSPS) is 13.4. The van der Waals surface area contributed by atoms with Gasteiger partial charge >= 0.3 is 24.1 Å².